The molecule has 26 heavy (non-hydrogen) atoms. The third kappa shape index (κ3) is 2.68. The number of carbonyl (C=O) groups is 1. The number of alkyl halides is 3. The van der Waals surface area contributed by atoms with Crippen molar-refractivity contribution in [2.24, 2.45) is 5.73 Å². The van der Waals surface area contributed by atoms with Crippen LogP contribution in [0.15, 0.2) is 24.3 Å². The van der Waals surface area contributed by atoms with Crippen molar-refractivity contribution in [1.82, 2.24) is 4.98 Å². The maximum Gasteiger partial charge on any atom is 0.416 e. The van der Waals surface area contributed by atoms with Gasteiger partial charge in [0, 0.05) is 10.9 Å². The Morgan fingerprint density at radius 1 is 1.19 bits per heavy atom. The molecule has 1 aromatic carbocycles. The number of pyridine rings is 1. The molecule has 0 saturated carbocycles. The zero-order chi connectivity index (χ0) is 19.2. The number of anilines is 2. The highest BCUT2D eigenvalue weighted by molar-refractivity contribution is 7.21. The Balaban J connectivity index is 2.37. The Morgan fingerprint density at radius 3 is 2.31 bits per heavy atom. The predicted octanol–water partition coefficient (Wildman–Crippen LogP) is 3.12. The van der Waals surface area contributed by atoms with Gasteiger partial charge in [-0.1, -0.05) is 12.1 Å². The summed E-state index contributed by atoms with van der Waals surface area (Å²) >= 11 is 0.902. The number of aromatic nitrogens is 1. The van der Waals surface area contributed by atoms with Crippen molar-refractivity contribution in [3.63, 3.8) is 0 Å². The van der Waals surface area contributed by atoms with E-state index in [0.717, 1.165) is 23.5 Å². The molecule has 3 rings (SSSR count). The van der Waals surface area contributed by atoms with E-state index in [4.69, 9.17) is 17.2 Å². The van der Waals surface area contributed by atoms with Crippen molar-refractivity contribution in [1.29, 1.82) is 5.26 Å². The van der Waals surface area contributed by atoms with E-state index in [0.29, 0.717) is 0 Å². The molecule has 132 valence electrons. The number of thiophene rings is 1. The zero-order valence-electron chi connectivity index (χ0n) is 12.9. The van der Waals surface area contributed by atoms with E-state index in [9.17, 15) is 23.2 Å². The number of nitrogens with two attached hydrogens (primary N) is 3. The normalized spacial score (nSPS) is 11.5. The summed E-state index contributed by atoms with van der Waals surface area (Å²) in [4.78, 5) is 15.9. The number of rotatable bonds is 2. The summed E-state index contributed by atoms with van der Waals surface area (Å²) in [6.45, 7) is 0. The first-order valence-electron chi connectivity index (χ1n) is 7.04. The molecule has 0 fully saturated rings. The van der Waals surface area contributed by atoms with Crippen molar-refractivity contribution < 1.29 is 18.0 Å². The third-order valence-corrected chi connectivity index (χ3v) is 4.86. The van der Waals surface area contributed by atoms with Gasteiger partial charge in [-0.2, -0.15) is 18.4 Å². The van der Waals surface area contributed by atoms with Crippen molar-refractivity contribution in [3.05, 3.63) is 40.3 Å². The number of primary amides is 1. The average molecular weight is 377 g/mol. The number of carbonyl (C=O) groups excluding carboxylic acids is 1. The van der Waals surface area contributed by atoms with E-state index in [1.807, 2.05) is 6.07 Å². The fraction of sp³-hybridized carbons (Fsp3) is 0.0625. The summed E-state index contributed by atoms with van der Waals surface area (Å²) in [5.74, 6) is -0.895. The number of nitrogen functional groups attached to an aromatic ring is 2. The fourth-order valence-corrected chi connectivity index (χ4v) is 3.54. The van der Waals surface area contributed by atoms with Gasteiger partial charge in [-0.05, 0) is 17.7 Å². The Hall–Kier alpha value is -3.32. The van der Waals surface area contributed by atoms with Crippen LogP contribution in [0, 0.1) is 11.3 Å². The quantitative estimate of drug-likeness (QED) is 0.631. The molecular formula is C16H10F3N5OS. The number of hydrogen-bond acceptors (Lipinski definition) is 6. The van der Waals surface area contributed by atoms with Crippen LogP contribution in [-0.4, -0.2) is 10.9 Å². The molecule has 10 heteroatoms. The monoisotopic (exact) mass is 377 g/mol. The first-order valence-corrected chi connectivity index (χ1v) is 7.85. The lowest BCUT2D eigenvalue weighted by atomic mass is 9.96. The summed E-state index contributed by atoms with van der Waals surface area (Å²) in [6, 6.07) is 6.07. The highest BCUT2D eigenvalue weighted by Gasteiger charge is 2.30. The van der Waals surface area contributed by atoms with E-state index < -0.39 is 17.6 Å². The van der Waals surface area contributed by atoms with Crippen molar-refractivity contribution in [2.75, 3.05) is 11.5 Å². The van der Waals surface area contributed by atoms with Gasteiger partial charge in [0.05, 0.1) is 11.3 Å². The van der Waals surface area contributed by atoms with Crippen LogP contribution >= 0.6 is 11.3 Å². The van der Waals surface area contributed by atoms with Crippen LogP contribution in [0.3, 0.4) is 0 Å². The maximum absolute atomic E-state index is 12.8. The second-order valence-electron chi connectivity index (χ2n) is 5.32. The first-order chi connectivity index (χ1) is 12.1. The van der Waals surface area contributed by atoms with Crippen molar-refractivity contribution in [2.45, 2.75) is 6.18 Å². The molecule has 0 aliphatic heterocycles. The van der Waals surface area contributed by atoms with E-state index in [2.05, 4.69) is 4.98 Å². The minimum atomic E-state index is -4.50. The lowest BCUT2D eigenvalue weighted by Gasteiger charge is -2.11. The number of nitrogens with zero attached hydrogens (tertiary/aromatic N) is 2. The summed E-state index contributed by atoms with van der Waals surface area (Å²) < 4.78 is 38.4. The molecular weight excluding hydrogens is 367 g/mol. The smallest absolute Gasteiger partial charge is 0.397 e. The number of halogens is 3. The second kappa shape index (κ2) is 5.89. The summed E-state index contributed by atoms with van der Waals surface area (Å²) in [7, 11) is 0. The Bertz CT molecular complexity index is 1080. The topological polar surface area (TPSA) is 132 Å². The predicted molar refractivity (Wildman–Crippen MR) is 92.1 cm³/mol. The van der Waals surface area contributed by atoms with Crippen LogP contribution in [0.25, 0.3) is 21.3 Å². The molecule has 2 heterocycles. The lowest BCUT2D eigenvalue weighted by molar-refractivity contribution is -0.137. The van der Waals surface area contributed by atoms with Gasteiger partial charge in [-0.25, -0.2) is 4.98 Å². The standard InChI is InChI=1S/C16H10F3N5OS/c17-16(18,19)7-3-1-6(2-4-7)9-8(5-20)13(22)24-15-10(9)11(21)12(26-15)14(23)25/h1-4H,21H2,(H2,22,24)(H2,23,25). The number of fused-ring (bicyclic) bond motifs is 1. The SMILES string of the molecule is N#Cc1c(N)nc2sc(C(N)=O)c(N)c2c1-c1ccc(C(F)(F)F)cc1. The maximum atomic E-state index is 12.8. The molecule has 0 saturated heterocycles. The average Bonchev–Trinajstić information content (AvgIpc) is 2.89. The third-order valence-electron chi connectivity index (χ3n) is 3.74. The lowest BCUT2D eigenvalue weighted by Crippen LogP contribution is -2.10. The van der Waals surface area contributed by atoms with Gasteiger partial charge in [-0.3, -0.25) is 4.79 Å². The first kappa shape index (κ1) is 17.5. The number of amides is 1. The van der Waals surface area contributed by atoms with Crippen LogP contribution in [0.2, 0.25) is 0 Å². The van der Waals surface area contributed by atoms with Crippen LogP contribution in [0.5, 0.6) is 0 Å². The largest absolute Gasteiger partial charge is 0.416 e. The van der Waals surface area contributed by atoms with Gasteiger partial charge in [0.25, 0.3) is 5.91 Å². The number of benzene rings is 1. The minimum Gasteiger partial charge on any atom is -0.397 e. The molecule has 0 aliphatic rings. The zero-order valence-corrected chi connectivity index (χ0v) is 13.7. The van der Waals surface area contributed by atoms with E-state index in [-0.39, 0.29) is 43.3 Å². The summed E-state index contributed by atoms with van der Waals surface area (Å²) in [6.07, 6.45) is -4.50. The summed E-state index contributed by atoms with van der Waals surface area (Å²) in [5.41, 5.74) is 16.7. The van der Waals surface area contributed by atoms with Crippen LogP contribution in [0.1, 0.15) is 20.8 Å². The van der Waals surface area contributed by atoms with Crippen molar-refractivity contribution >= 4 is 39.0 Å². The van der Waals surface area contributed by atoms with E-state index >= 15 is 0 Å². The highest BCUT2D eigenvalue weighted by Crippen LogP contribution is 2.43. The van der Waals surface area contributed by atoms with Gasteiger partial charge in [-0.15, -0.1) is 11.3 Å². The fourth-order valence-electron chi connectivity index (χ4n) is 2.58. The molecule has 0 unspecified atom stereocenters. The Morgan fingerprint density at radius 2 is 1.81 bits per heavy atom. The molecule has 0 radical (unpaired) electrons. The van der Waals surface area contributed by atoms with Crippen LogP contribution in [0.4, 0.5) is 24.7 Å². The molecule has 0 aliphatic carbocycles. The molecule has 0 bridgehead atoms. The van der Waals surface area contributed by atoms with E-state index in [1.54, 1.807) is 0 Å². The molecule has 1 amide bonds. The minimum absolute atomic E-state index is 0.0106. The van der Waals surface area contributed by atoms with Gasteiger partial charge < -0.3 is 17.2 Å². The van der Waals surface area contributed by atoms with E-state index in [1.165, 1.54) is 12.1 Å². The van der Waals surface area contributed by atoms with Gasteiger partial charge in [0.1, 0.15) is 27.2 Å². The highest BCUT2D eigenvalue weighted by atomic mass is 32.1. The van der Waals surface area contributed by atoms with Gasteiger partial charge >= 0.3 is 6.18 Å². The van der Waals surface area contributed by atoms with Crippen molar-refractivity contribution in [3.8, 4) is 17.2 Å². The van der Waals surface area contributed by atoms with Crippen LogP contribution < -0.4 is 17.2 Å². The molecule has 6 nitrogen and oxygen atoms in total. The number of nitriles is 1. The molecule has 0 atom stereocenters. The van der Waals surface area contributed by atoms with Crippen LogP contribution in [-0.2, 0) is 6.18 Å². The molecule has 3 aromatic rings. The Labute approximate surface area is 148 Å². The number of hydrogen-bond donors (Lipinski definition) is 3. The molecule has 6 N–H and O–H groups in total. The second-order valence-corrected chi connectivity index (χ2v) is 6.32. The molecule has 2 aromatic heterocycles. The molecule has 0 spiro atoms. The summed E-state index contributed by atoms with van der Waals surface area (Å²) in [5, 5.41) is 9.69. The van der Waals surface area contributed by atoms with Gasteiger partial charge in [0.15, 0.2) is 0 Å². The Kier molecular flexibility index (Phi) is 3.96. The van der Waals surface area contributed by atoms with Gasteiger partial charge in [0.2, 0.25) is 0 Å².